The van der Waals surface area contributed by atoms with Gasteiger partial charge in [-0.05, 0) is 86.3 Å². The topological polar surface area (TPSA) is 112 Å². The van der Waals surface area contributed by atoms with E-state index in [0.717, 1.165) is 36.8 Å². The number of aliphatic imine (C=N–C) groups is 1. The maximum Gasteiger partial charge on any atom is 0.331 e. The Morgan fingerprint density at radius 2 is 1.97 bits per heavy atom. The average Bonchev–Trinajstić information content (AvgIpc) is 3.40. The van der Waals surface area contributed by atoms with E-state index < -0.39 is 22.7 Å². The molecule has 4 fully saturated rings. The van der Waals surface area contributed by atoms with Crippen molar-refractivity contribution in [3.05, 3.63) is 41.7 Å². The van der Waals surface area contributed by atoms with Crippen LogP contribution in [0.1, 0.15) is 70.3 Å². The van der Waals surface area contributed by atoms with Gasteiger partial charge >= 0.3 is 5.97 Å². The molecule has 7 heteroatoms. The fourth-order valence-corrected chi connectivity index (χ4v) is 9.17. The number of carbonyl (C=O) groups is 1. The minimum atomic E-state index is -1.03. The largest absolute Gasteiger partial charge is 0.458 e. The van der Waals surface area contributed by atoms with Crippen LogP contribution in [0.3, 0.4) is 0 Å². The molecular weight excluding hydrogens is 456 g/mol. The van der Waals surface area contributed by atoms with E-state index in [2.05, 4.69) is 11.9 Å². The van der Waals surface area contributed by atoms with Gasteiger partial charge in [-0.3, -0.25) is 9.98 Å². The molecule has 7 unspecified atom stereocenters. The molecule has 1 aliphatic heterocycles. The van der Waals surface area contributed by atoms with Gasteiger partial charge in [0, 0.05) is 41.9 Å². The molecule has 5 aliphatic rings. The molecule has 7 nitrogen and oxygen atoms in total. The van der Waals surface area contributed by atoms with Crippen LogP contribution in [0.15, 0.2) is 41.2 Å². The molecule has 0 spiro atoms. The zero-order chi connectivity index (χ0) is 25.2. The molecule has 8 atom stereocenters. The average molecular weight is 495 g/mol. The van der Waals surface area contributed by atoms with E-state index in [1.807, 2.05) is 24.5 Å². The highest BCUT2D eigenvalue weighted by molar-refractivity contribution is 5.85. The van der Waals surface area contributed by atoms with E-state index in [9.17, 15) is 20.1 Å². The summed E-state index contributed by atoms with van der Waals surface area (Å²) in [7, 11) is 0. The highest BCUT2D eigenvalue weighted by atomic mass is 16.5. The first-order chi connectivity index (χ1) is 17.2. The normalized spacial score (nSPS) is 46.1. The van der Waals surface area contributed by atoms with Gasteiger partial charge in [-0.2, -0.15) is 0 Å². The quantitative estimate of drug-likeness (QED) is 0.437. The fraction of sp³-hybridized carbons (Fsp3) is 0.690. The molecule has 194 valence electrons. The third kappa shape index (κ3) is 3.38. The van der Waals surface area contributed by atoms with Gasteiger partial charge in [0.2, 0.25) is 0 Å². The molecular formula is C29H38N2O5. The second-order valence-electron chi connectivity index (χ2n) is 12.3. The number of carbonyl (C=O) groups excluding carboxylic acids is 1. The highest BCUT2D eigenvalue weighted by Crippen LogP contribution is 2.70. The number of pyridine rings is 1. The summed E-state index contributed by atoms with van der Waals surface area (Å²) in [6.07, 6.45) is 12.9. The summed E-state index contributed by atoms with van der Waals surface area (Å²) in [5.41, 5.74) is -0.747. The summed E-state index contributed by atoms with van der Waals surface area (Å²) < 4.78 is 5.24. The highest BCUT2D eigenvalue weighted by Gasteiger charge is 2.71. The van der Waals surface area contributed by atoms with Crippen molar-refractivity contribution in [1.29, 1.82) is 0 Å². The van der Waals surface area contributed by atoms with Gasteiger partial charge in [-0.15, -0.1) is 0 Å². The van der Waals surface area contributed by atoms with Crippen LogP contribution in [0, 0.1) is 28.6 Å². The minimum Gasteiger partial charge on any atom is -0.458 e. The van der Waals surface area contributed by atoms with Crippen molar-refractivity contribution in [3.63, 3.8) is 0 Å². The summed E-state index contributed by atoms with van der Waals surface area (Å²) in [6.45, 7) is 3.04. The minimum absolute atomic E-state index is 0.0419. The summed E-state index contributed by atoms with van der Waals surface area (Å²) in [5, 5.41) is 35.1. The maximum atomic E-state index is 12.5. The molecule has 0 radical (unpaired) electrons. The number of hydrogen-bond acceptors (Lipinski definition) is 7. The van der Waals surface area contributed by atoms with Gasteiger partial charge < -0.3 is 20.1 Å². The summed E-state index contributed by atoms with van der Waals surface area (Å²) in [5.74, 6) is -0.00187. The SMILES string of the molecule is CC12CC[C@H]3C(CCC4(O)CC(O)CCC34C=NCc3cccnc3)C1(O)CCC2C1=CC(=O)OC1. The fourth-order valence-electron chi connectivity index (χ4n) is 9.17. The van der Waals surface area contributed by atoms with E-state index in [4.69, 9.17) is 9.73 Å². The number of nitrogens with zero attached hydrogens (tertiary/aromatic N) is 2. The van der Waals surface area contributed by atoms with Crippen molar-refractivity contribution < 1.29 is 24.9 Å². The second kappa shape index (κ2) is 8.47. The lowest BCUT2D eigenvalue weighted by Gasteiger charge is -2.65. The van der Waals surface area contributed by atoms with Crippen LogP contribution in [0.4, 0.5) is 0 Å². The number of esters is 1. The molecule has 1 aromatic heterocycles. The number of aliphatic hydroxyl groups is 3. The second-order valence-corrected chi connectivity index (χ2v) is 12.3. The third-order valence-corrected chi connectivity index (χ3v) is 11.0. The zero-order valence-electron chi connectivity index (χ0n) is 21.1. The number of rotatable bonds is 4. The van der Waals surface area contributed by atoms with Crippen LogP contribution >= 0.6 is 0 Å². The molecule has 0 bridgehead atoms. The molecule has 2 heterocycles. The predicted octanol–water partition coefficient (Wildman–Crippen LogP) is 3.37. The number of cyclic esters (lactones) is 1. The number of aromatic nitrogens is 1. The number of fused-ring (bicyclic) bond motifs is 5. The van der Waals surface area contributed by atoms with Crippen molar-refractivity contribution in [2.45, 2.75) is 88.6 Å². The van der Waals surface area contributed by atoms with Crippen molar-refractivity contribution in [1.82, 2.24) is 4.98 Å². The van der Waals surface area contributed by atoms with Crippen molar-refractivity contribution in [2.75, 3.05) is 6.61 Å². The van der Waals surface area contributed by atoms with Gasteiger partial charge in [0.05, 0.1) is 23.9 Å². The lowest BCUT2D eigenvalue weighted by molar-refractivity contribution is -0.237. The van der Waals surface area contributed by atoms with Crippen LogP contribution in [-0.4, -0.2) is 56.4 Å². The molecule has 0 amide bonds. The Kier molecular flexibility index (Phi) is 5.71. The van der Waals surface area contributed by atoms with E-state index >= 15 is 0 Å². The number of ether oxygens (including phenoxy) is 1. The molecule has 4 saturated carbocycles. The Bertz CT molecular complexity index is 1090. The van der Waals surface area contributed by atoms with Crippen molar-refractivity contribution in [2.24, 2.45) is 33.6 Å². The van der Waals surface area contributed by atoms with Crippen LogP contribution < -0.4 is 0 Å². The summed E-state index contributed by atoms with van der Waals surface area (Å²) in [4.78, 5) is 20.9. The Labute approximate surface area is 212 Å². The molecule has 0 saturated heterocycles. The van der Waals surface area contributed by atoms with Gasteiger partial charge in [-0.25, -0.2) is 4.79 Å². The zero-order valence-corrected chi connectivity index (χ0v) is 21.1. The Balaban J connectivity index is 1.35. The molecule has 6 rings (SSSR count). The van der Waals surface area contributed by atoms with Gasteiger partial charge in [0.15, 0.2) is 0 Å². The summed E-state index contributed by atoms with van der Waals surface area (Å²) in [6, 6.07) is 3.90. The molecule has 0 aromatic carbocycles. The first-order valence-corrected chi connectivity index (χ1v) is 13.6. The third-order valence-electron chi connectivity index (χ3n) is 11.0. The Hall–Kier alpha value is -2.09. The van der Waals surface area contributed by atoms with Crippen LogP contribution in [0.5, 0.6) is 0 Å². The van der Waals surface area contributed by atoms with E-state index in [1.165, 1.54) is 0 Å². The van der Waals surface area contributed by atoms with Gasteiger partial charge in [-0.1, -0.05) is 13.0 Å². The van der Waals surface area contributed by atoms with Crippen molar-refractivity contribution >= 4 is 12.2 Å². The van der Waals surface area contributed by atoms with E-state index in [0.29, 0.717) is 45.3 Å². The predicted molar refractivity (Wildman–Crippen MR) is 134 cm³/mol. The van der Waals surface area contributed by atoms with Crippen molar-refractivity contribution in [3.8, 4) is 0 Å². The van der Waals surface area contributed by atoms with E-state index in [-0.39, 0.29) is 29.1 Å². The van der Waals surface area contributed by atoms with Gasteiger partial charge in [0.25, 0.3) is 0 Å². The smallest absolute Gasteiger partial charge is 0.331 e. The van der Waals surface area contributed by atoms with Gasteiger partial charge in [0.1, 0.15) is 6.61 Å². The van der Waals surface area contributed by atoms with Crippen LogP contribution in [0.25, 0.3) is 0 Å². The lowest BCUT2D eigenvalue weighted by Crippen LogP contribution is -2.68. The first kappa shape index (κ1) is 24.3. The number of aliphatic hydroxyl groups excluding tert-OH is 1. The van der Waals surface area contributed by atoms with Crippen LogP contribution in [0.2, 0.25) is 0 Å². The maximum absolute atomic E-state index is 12.5. The Morgan fingerprint density at radius 1 is 1.14 bits per heavy atom. The monoisotopic (exact) mass is 494 g/mol. The Morgan fingerprint density at radius 3 is 2.72 bits per heavy atom. The molecule has 36 heavy (non-hydrogen) atoms. The first-order valence-electron chi connectivity index (χ1n) is 13.6. The molecule has 3 N–H and O–H groups in total. The standard InChI is InChI=1S/C29H38N2O5/c1-26-8-5-23-24(29(26,35)11-7-22(26)20-13-25(33)36-17-20)6-10-28(34)14-21(32)4-9-27(23,28)18-31-16-19-3-2-12-30-15-19/h2-3,12-13,15,18,21-24,32,34-35H,4-11,14,16-17H2,1H3/t21?,22?,23-,24?,26?,27?,28?,29?/m0/s1. The molecule has 1 aromatic rings. The van der Waals surface area contributed by atoms with E-state index in [1.54, 1.807) is 12.3 Å². The lowest BCUT2D eigenvalue weighted by atomic mass is 9.41. The molecule has 4 aliphatic carbocycles. The number of hydrogen-bond donors (Lipinski definition) is 3. The van der Waals surface area contributed by atoms with Crippen LogP contribution in [-0.2, 0) is 16.1 Å². The summed E-state index contributed by atoms with van der Waals surface area (Å²) >= 11 is 0.